The van der Waals surface area contributed by atoms with E-state index >= 15 is 0 Å². The van der Waals surface area contributed by atoms with E-state index in [1.807, 2.05) is 0 Å². The molecule has 2 N–H and O–H groups in total. The molecule has 1 rings (SSSR count). The number of likely N-dealkylation sites (tertiary alicyclic amines) is 1. The first-order chi connectivity index (χ1) is 7.65. The highest BCUT2D eigenvalue weighted by Crippen LogP contribution is 2.23. The second kappa shape index (κ2) is 6.86. The number of carboxylic acid groups (broad SMARTS) is 1. The van der Waals surface area contributed by atoms with Crippen LogP contribution in [-0.2, 0) is 4.79 Å². The quantitative estimate of drug-likeness (QED) is 0.675. The summed E-state index contributed by atoms with van der Waals surface area (Å²) in [5, 5.41) is 17.8. The van der Waals surface area contributed by atoms with E-state index in [2.05, 4.69) is 11.8 Å². The molecule has 16 heavy (non-hydrogen) atoms. The second-order valence-electron chi connectivity index (χ2n) is 4.80. The first kappa shape index (κ1) is 13.5. The Bertz CT molecular complexity index is 220. The zero-order chi connectivity index (χ0) is 12.0. The minimum Gasteiger partial charge on any atom is -0.480 e. The zero-order valence-electron chi connectivity index (χ0n) is 10.1. The summed E-state index contributed by atoms with van der Waals surface area (Å²) in [4.78, 5) is 13.2. The standard InChI is InChI=1S/C12H23NO3/c1-10-5-7-13(6-3-2-4-8-14)11(9-10)12(15)16/h10-11,14H,2-9H2,1H3,(H,15,16). The third-order valence-electron chi connectivity index (χ3n) is 3.36. The highest BCUT2D eigenvalue weighted by Gasteiger charge is 2.30. The Hall–Kier alpha value is -0.610. The minimum absolute atomic E-state index is 0.236. The monoisotopic (exact) mass is 229 g/mol. The van der Waals surface area contributed by atoms with E-state index in [4.69, 9.17) is 10.2 Å². The maximum atomic E-state index is 11.1. The summed E-state index contributed by atoms with van der Waals surface area (Å²) in [6, 6.07) is -0.294. The summed E-state index contributed by atoms with van der Waals surface area (Å²) in [5.74, 6) is -0.163. The van der Waals surface area contributed by atoms with Crippen LogP contribution in [0, 0.1) is 5.92 Å². The smallest absolute Gasteiger partial charge is 0.320 e. The van der Waals surface area contributed by atoms with Crippen molar-refractivity contribution in [2.45, 2.75) is 45.1 Å². The molecule has 1 aliphatic rings. The van der Waals surface area contributed by atoms with Gasteiger partial charge in [0.15, 0.2) is 0 Å². The third kappa shape index (κ3) is 4.10. The van der Waals surface area contributed by atoms with E-state index in [1.54, 1.807) is 0 Å². The Kier molecular flexibility index (Phi) is 5.77. The number of carbonyl (C=O) groups is 1. The number of carboxylic acids is 1. The van der Waals surface area contributed by atoms with Gasteiger partial charge in [0, 0.05) is 6.61 Å². The van der Waals surface area contributed by atoms with E-state index < -0.39 is 5.97 Å². The Labute approximate surface area is 97.3 Å². The van der Waals surface area contributed by atoms with Gasteiger partial charge in [0.2, 0.25) is 0 Å². The van der Waals surface area contributed by atoms with Gasteiger partial charge in [-0.2, -0.15) is 0 Å². The van der Waals surface area contributed by atoms with Crippen molar-refractivity contribution in [2.75, 3.05) is 19.7 Å². The van der Waals surface area contributed by atoms with Crippen LogP contribution in [0.15, 0.2) is 0 Å². The summed E-state index contributed by atoms with van der Waals surface area (Å²) in [6.07, 6.45) is 4.66. The van der Waals surface area contributed by atoms with Crippen LogP contribution in [0.2, 0.25) is 0 Å². The number of aliphatic hydroxyl groups is 1. The number of nitrogens with zero attached hydrogens (tertiary/aromatic N) is 1. The fraction of sp³-hybridized carbons (Fsp3) is 0.917. The van der Waals surface area contributed by atoms with Crippen molar-refractivity contribution in [1.82, 2.24) is 4.90 Å². The van der Waals surface area contributed by atoms with Gasteiger partial charge in [-0.05, 0) is 51.1 Å². The van der Waals surface area contributed by atoms with Crippen molar-refractivity contribution in [1.29, 1.82) is 0 Å². The van der Waals surface area contributed by atoms with Crippen molar-refractivity contribution in [3.8, 4) is 0 Å². The normalized spacial score (nSPS) is 26.9. The molecule has 2 unspecified atom stereocenters. The van der Waals surface area contributed by atoms with Gasteiger partial charge in [-0.1, -0.05) is 6.92 Å². The molecule has 0 aromatic rings. The fourth-order valence-corrected chi connectivity index (χ4v) is 2.32. The molecule has 0 bridgehead atoms. The predicted molar refractivity (Wildman–Crippen MR) is 62.3 cm³/mol. The number of aliphatic carboxylic acids is 1. The van der Waals surface area contributed by atoms with Crippen LogP contribution in [0.4, 0.5) is 0 Å². The lowest BCUT2D eigenvalue weighted by Crippen LogP contribution is -2.47. The maximum absolute atomic E-state index is 11.1. The lowest BCUT2D eigenvalue weighted by atomic mass is 9.92. The van der Waals surface area contributed by atoms with Crippen molar-refractivity contribution in [2.24, 2.45) is 5.92 Å². The van der Waals surface area contributed by atoms with E-state index in [0.717, 1.165) is 45.2 Å². The molecule has 0 aromatic carbocycles. The molecule has 0 amide bonds. The van der Waals surface area contributed by atoms with Crippen molar-refractivity contribution in [3.05, 3.63) is 0 Å². The van der Waals surface area contributed by atoms with Crippen LogP contribution < -0.4 is 0 Å². The first-order valence-electron chi connectivity index (χ1n) is 6.23. The van der Waals surface area contributed by atoms with E-state index in [0.29, 0.717) is 5.92 Å². The molecule has 1 aliphatic heterocycles. The Balaban J connectivity index is 2.34. The predicted octanol–water partition coefficient (Wildman–Crippen LogP) is 1.33. The second-order valence-corrected chi connectivity index (χ2v) is 4.80. The number of rotatable bonds is 6. The van der Waals surface area contributed by atoms with Gasteiger partial charge in [-0.3, -0.25) is 9.69 Å². The molecule has 1 fully saturated rings. The summed E-state index contributed by atoms with van der Waals surface area (Å²) < 4.78 is 0. The summed E-state index contributed by atoms with van der Waals surface area (Å²) in [7, 11) is 0. The highest BCUT2D eigenvalue weighted by atomic mass is 16.4. The van der Waals surface area contributed by atoms with Gasteiger partial charge in [0.05, 0.1) is 0 Å². The SMILES string of the molecule is CC1CCN(CCCCCO)C(C(=O)O)C1. The Morgan fingerprint density at radius 1 is 1.38 bits per heavy atom. The molecule has 1 saturated heterocycles. The third-order valence-corrected chi connectivity index (χ3v) is 3.36. The molecule has 2 atom stereocenters. The zero-order valence-corrected chi connectivity index (χ0v) is 10.1. The first-order valence-corrected chi connectivity index (χ1v) is 6.23. The minimum atomic E-state index is -0.686. The average molecular weight is 229 g/mol. The molecule has 0 radical (unpaired) electrons. The number of unbranched alkanes of at least 4 members (excludes halogenated alkanes) is 2. The van der Waals surface area contributed by atoms with Crippen molar-refractivity contribution >= 4 is 5.97 Å². The van der Waals surface area contributed by atoms with Gasteiger partial charge in [-0.25, -0.2) is 0 Å². The molecule has 94 valence electrons. The molecular weight excluding hydrogens is 206 g/mol. The Morgan fingerprint density at radius 3 is 2.75 bits per heavy atom. The van der Waals surface area contributed by atoms with E-state index in [1.165, 1.54) is 0 Å². The van der Waals surface area contributed by atoms with E-state index in [9.17, 15) is 4.79 Å². The van der Waals surface area contributed by atoms with Gasteiger partial charge in [0.1, 0.15) is 6.04 Å². The average Bonchev–Trinajstić information content (AvgIpc) is 2.26. The maximum Gasteiger partial charge on any atom is 0.320 e. The number of hydrogen-bond acceptors (Lipinski definition) is 3. The summed E-state index contributed by atoms with van der Waals surface area (Å²) in [5.41, 5.74) is 0. The van der Waals surface area contributed by atoms with Gasteiger partial charge in [0.25, 0.3) is 0 Å². The van der Waals surface area contributed by atoms with Crippen molar-refractivity contribution < 1.29 is 15.0 Å². The molecule has 0 spiro atoms. The van der Waals surface area contributed by atoms with Gasteiger partial charge in [-0.15, -0.1) is 0 Å². The summed E-state index contributed by atoms with van der Waals surface area (Å²) in [6.45, 7) is 4.11. The topological polar surface area (TPSA) is 60.8 Å². The van der Waals surface area contributed by atoms with Crippen LogP contribution in [-0.4, -0.2) is 46.8 Å². The molecule has 0 saturated carbocycles. The van der Waals surface area contributed by atoms with Gasteiger partial charge >= 0.3 is 5.97 Å². The number of hydrogen-bond donors (Lipinski definition) is 2. The lowest BCUT2D eigenvalue weighted by Gasteiger charge is -2.35. The highest BCUT2D eigenvalue weighted by molar-refractivity contribution is 5.73. The molecular formula is C12H23NO3. The fourth-order valence-electron chi connectivity index (χ4n) is 2.32. The molecule has 1 heterocycles. The van der Waals surface area contributed by atoms with E-state index in [-0.39, 0.29) is 12.6 Å². The number of piperidine rings is 1. The largest absolute Gasteiger partial charge is 0.480 e. The van der Waals surface area contributed by atoms with Gasteiger partial charge < -0.3 is 10.2 Å². The van der Waals surface area contributed by atoms with Crippen LogP contribution in [0.25, 0.3) is 0 Å². The molecule has 4 heteroatoms. The van der Waals surface area contributed by atoms with Crippen LogP contribution >= 0.6 is 0 Å². The van der Waals surface area contributed by atoms with Crippen molar-refractivity contribution in [3.63, 3.8) is 0 Å². The molecule has 4 nitrogen and oxygen atoms in total. The van der Waals surface area contributed by atoms with Crippen LogP contribution in [0.1, 0.15) is 39.0 Å². The number of aliphatic hydroxyl groups excluding tert-OH is 1. The lowest BCUT2D eigenvalue weighted by molar-refractivity contribution is -0.145. The summed E-state index contributed by atoms with van der Waals surface area (Å²) >= 11 is 0. The Morgan fingerprint density at radius 2 is 2.12 bits per heavy atom. The van der Waals surface area contributed by atoms with Crippen LogP contribution in [0.3, 0.4) is 0 Å². The molecule has 0 aliphatic carbocycles. The molecule has 0 aromatic heterocycles. The van der Waals surface area contributed by atoms with Crippen LogP contribution in [0.5, 0.6) is 0 Å².